The summed E-state index contributed by atoms with van der Waals surface area (Å²) in [4.78, 5) is 11.8. The van der Waals surface area contributed by atoms with Gasteiger partial charge in [0.05, 0.1) is 17.7 Å². The molecule has 0 fully saturated rings. The normalized spacial score (nSPS) is 11.3. The fourth-order valence-electron chi connectivity index (χ4n) is 1.85. The molecule has 1 rings (SSSR count). The standard InChI is InChI=1S/C18H25N3O/c1-7-9-10-22-20-16(5)17-11-15(4)18(12-14(17)3)19-13-21(6)8-2/h11-13H,8,10H2,1-6H3/b19-13-,20-16+. The minimum atomic E-state index is 0.317. The molecular weight excluding hydrogens is 274 g/mol. The van der Waals surface area contributed by atoms with Crippen molar-refractivity contribution in [2.45, 2.75) is 34.6 Å². The van der Waals surface area contributed by atoms with E-state index < -0.39 is 0 Å². The third-order valence-corrected chi connectivity index (χ3v) is 3.34. The van der Waals surface area contributed by atoms with Crippen molar-refractivity contribution in [3.63, 3.8) is 0 Å². The van der Waals surface area contributed by atoms with Gasteiger partial charge in [-0.2, -0.15) is 0 Å². The van der Waals surface area contributed by atoms with E-state index >= 15 is 0 Å². The van der Waals surface area contributed by atoms with Gasteiger partial charge in [0, 0.05) is 19.2 Å². The predicted octanol–water partition coefficient (Wildman–Crippen LogP) is 3.68. The lowest BCUT2D eigenvalue weighted by Gasteiger charge is -2.11. The van der Waals surface area contributed by atoms with Crippen LogP contribution in [0.4, 0.5) is 5.69 Å². The summed E-state index contributed by atoms with van der Waals surface area (Å²) in [5, 5.41) is 4.12. The highest BCUT2D eigenvalue weighted by atomic mass is 16.6. The third-order valence-electron chi connectivity index (χ3n) is 3.34. The number of hydrogen-bond donors (Lipinski definition) is 0. The molecule has 0 bridgehead atoms. The Labute approximate surface area is 133 Å². The van der Waals surface area contributed by atoms with E-state index in [0.717, 1.165) is 34.6 Å². The average molecular weight is 299 g/mol. The van der Waals surface area contributed by atoms with E-state index in [1.54, 1.807) is 6.92 Å². The van der Waals surface area contributed by atoms with Gasteiger partial charge in [-0.1, -0.05) is 11.1 Å². The predicted molar refractivity (Wildman–Crippen MR) is 94.0 cm³/mol. The molecule has 118 valence electrons. The highest BCUT2D eigenvalue weighted by Crippen LogP contribution is 2.23. The fraction of sp³-hybridized carbons (Fsp3) is 0.444. The minimum absolute atomic E-state index is 0.317. The first-order valence-electron chi connectivity index (χ1n) is 7.41. The fourth-order valence-corrected chi connectivity index (χ4v) is 1.85. The smallest absolute Gasteiger partial charge is 0.177 e. The SMILES string of the molecule is CC#CCO/N=C(\C)c1cc(C)c(/N=C\N(C)CC)cc1C. The molecule has 22 heavy (non-hydrogen) atoms. The number of hydrogen-bond acceptors (Lipinski definition) is 3. The summed E-state index contributed by atoms with van der Waals surface area (Å²) in [5.74, 6) is 5.59. The summed E-state index contributed by atoms with van der Waals surface area (Å²) < 4.78 is 0. The molecule has 0 radical (unpaired) electrons. The molecule has 4 nitrogen and oxygen atoms in total. The Morgan fingerprint density at radius 3 is 2.68 bits per heavy atom. The first kappa shape index (κ1) is 17.8. The van der Waals surface area contributed by atoms with Crippen LogP contribution in [0.5, 0.6) is 0 Å². The molecule has 0 spiro atoms. The maximum atomic E-state index is 5.19. The molecule has 0 aliphatic carbocycles. The van der Waals surface area contributed by atoms with Crippen molar-refractivity contribution in [2.24, 2.45) is 10.1 Å². The molecular formula is C18H25N3O. The first-order chi connectivity index (χ1) is 10.5. The Morgan fingerprint density at radius 1 is 1.32 bits per heavy atom. The van der Waals surface area contributed by atoms with Gasteiger partial charge in [0.1, 0.15) is 0 Å². The summed E-state index contributed by atoms with van der Waals surface area (Å²) in [6.07, 6.45) is 1.86. The van der Waals surface area contributed by atoms with Crippen LogP contribution in [0.2, 0.25) is 0 Å². The van der Waals surface area contributed by atoms with Crippen molar-refractivity contribution in [1.29, 1.82) is 0 Å². The molecule has 0 N–H and O–H groups in total. The van der Waals surface area contributed by atoms with Crippen LogP contribution in [-0.2, 0) is 4.84 Å². The lowest BCUT2D eigenvalue weighted by molar-refractivity contribution is 0.180. The second-order valence-electron chi connectivity index (χ2n) is 5.15. The minimum Gasteiger partial charge on any atom is -0.382 e. The molecule has 0 atom stereocenters. The molecule has 0 aromatic heterocycles. The summed E-state index contributed by atoms with van der Waals surface area (Å²) >= 11 is 0. The van der Waals surface area contributed by atoms with Crippen LogP contribution < -0.4 is 0 Å². The quantitative estimate of drug-likeness (QED) is 0.264. The van der Waals surface area contributed by atoms with Crippen LogP contribution >= 0.6 is 0 Å². The number of aryl methyl sites for hydroxylation is 2. The molecule has 0 aliphatic rings. The largest absolute Gasteiger partial charge is 0.382 e. The number of oxime groups is 1. The number of benzene rings is 1. The molecule has 0 aliphatic heterocycles. The molecule has 0 unspecified atom stereocenters. The van der Waals surface area contributed by atoms with Gasteiger partial charge in [0.25, 0.3) is 0 Å². The maximum Gasteiger partial charge on any atom is 0.177 e. The van der Waals surface area contributed by atoms with E-state index in [1.165, 1.54) is 0 Å². The van der Waals surface area contributed by atoms with E-state index in [0.29, 0.717) is 6.61 Å². The molecule has 4 heteroatoms. The second-order valence-corrected chi connectivity index (χ2v) is 5.15. The molecule has 1 aromatic rings. The van der Waals surface area contributed by atoms with Gasteiger partial charge in [-0.15, -0.1) is 5.92 Å². The van der Waals surface area contributed by atoms with Gasteiger partial charge in [0.15, 0.2) is 6.61 Å². The van der Waals surface area contributed by atoms with Gasteiger partial charge >= 0.3 is 0 Å². The van der Waals surface area contributed by atoms with Crippen LogP contribution in [0.1, 0.15) is 37.5 Å². The van der Waals surface area contributed by atoms with Crippen LogP contribution in [-0.4, -0.2) is 37.1 Å². The van der Waals surface area contributed by atoms with Gasteiger partial charge in [-0.05, 0) is 57.9 Å². The van der Waals surface area contributed by atoms with E-state index in [-0.39, 0.29) is 0 Å². The summed E-state index contributed by atoms with van der Waals surface area (Å²) in [7, 11) is 2.01. The number of rotatable bonds is 6. The Kier molecular flexibility index (Phi) is 7.18. The Hall–Kier alpha value is -2.28. The Balaban J connectivity index is 2.97. The zero-order chi connectivity index (χ0) is 16.5. The van der Waals surface area contributed by atoms with E-state index in [4.69, 9.17) is 4.84 Å². The van der Waals surface area contributed by atoms with E-state index in [9.17, 15) is 0 Å². The molecule has 0 saturated carbocycles. The Bertz CT molecular complexity index is 621. The summed E-state index contributed by atoms with van der Waals surface area (Å²) in [5.41, 5.74) is 5.14. The summed E-state index contributed by atoms with van der Waals surface area (Å²) in [6, 6.07) is 4.18. The highest BCUT2D eigenvalue weighted by molar-refractivity contribution is 6.00. The van der Waals surface area contributed by atoms with Gasteiger partial charge in [0.2, 0.25) is 0 Å². The maximum absolute atomic E-state index is 5.19. The lowest BCUT2D eigenvalue weighted by Crippen LogP contribution is -2.14. The van der Waals surface area contributed by atoms with Crippen molar-refractivity contribution in [1.82, 2.24) is 4.90 Å². The van der Waals surface area contributed by atoms with Crippen LogP contribution in [0.25, 0.3) is 0 Å². The van der Waals surface area contributed by atoms with Crippen molar-refractivity contribution in [2.75, 3.05) is 20.2 Å². The van der Waals surface area contributed by atoms with Crippen molar-refractivity contribution < 1.29 is 4.84 Å². The first-order valence-corrected chi connectivity index (χ1v) is 7.41. The van der Waals surface area contributed by atoms with Crippen LogP contribution in [0.3, 0.4) is 0 Å². The monoisotopic (exact) mass is 299 g/mol. The zero-order valence-corrected chi connectivity index (χ0v) is 14.4. The average Bonchev–Trinajstić information content (AvgIpc) is 2.51. The van der Waals surface area contributed by atoms with Crippen molar-refractivity contribution in [3.8, 4) is 11.8 Å². The van der Waals surface area contributed by atoms with Crippen LogP contribution in [0.15, 0.2) is 22.3 Å². The molecule has 0 saturated heterocycles. The molecule has 1 aromatic carbocycles. The van der Waals surface area contributed by atoms with E-state index in [1.807, 2.05) is 25.2 Å². The molecule has 0 amide bonds. The van der Waals surface area contributed by atoms with E-state index in [2.05, 4.69) is 54.9 Å². The second kappa shape index (κ2) is 8.89. The van der Waals surface area contributed by atoms with Gasteiger partial charge < -0.3 is 9.74 Å². The third kappa shape index (κ3) is 5.25. The number of nitrogens with zero attached hydrogens (tertiary/aromatic N) is 3. The summed E-state index contributed by atoms with van der Waals surface area (Å²) in [6.45, 7) is 11.2. The highest BCUT2D eigenvalue weighted by Gasteiger charge is 2.07. The topological polar surface area (TPSA) is 37.2 Å². The number of aliphatic imine (C=N–C) groups is 1. The zero-order valence-electron chi connectivity index (χ0n) is 14.4. The van der Waals surface area contributed by atoms with Gasteiger partial charge in [-0.3, -0.25) is 0 Å². The molecule has 0 heterocycles. The lowest BCUT2D eigenvalue weighted by atomic mass is 10.0. The van der Waals surface area contributed by atoms with Crippen molar-refractivity contribution in [3.05, 3.63) is 28.8 Å². The van der Waals surface area contributed by atoms with Crippen molar-refractivity contribution >= 4 is 17.7 Å². The van der Waals surface area contributed by atoms with Gasteiger partial charge in [-0.25, -0.2) is 4.99 Å². The van der Waals surface area contributed by atoms with Crippen LogP contribution in [0, 0.1) is 25.7 Å². The Morgan fingerprint density at radius 2 is 2.05 bits per heavy atom.